The van der Waals surface area contributed by atoms with E-state index in [4.69, 9.17) is 5.73 Å². The van der Waals surface area contributed by atoms with Crippen molar-refractivity contribution in [2.45, 2.75) is 6.42 Å². The lowest BCUT2D eigenvalue weighted by atomic mass is 10.1. The van der Waals surface area contributed by atoms with Crippen LogP contribution < -0.4 is 5.73 Å². The monoisotopic (exact) mass is 183 g/mol. The molecule has 1 aliphatic carbocycles. The smallest absolute Gasteiger partial charge is 0.146 e. The zero-order chi connectivity index (χ0) is 9.54. The molecular weight excluding hydrogens is 174 g/mol. The molecule has 0 saturated heterocycles. The van der Waals surface area contributed by atoms with Crippen LogP contribution in [0.4, 0.5) is 5.82 Å². The second kappa shape index (κ2) is 2.54. The number of hydrogen-bond acceptors (Lipinski definition) is 3. The summed E-state index contributed by atoms with van der Waals surface area (Å²) in [5.74, 6) is 0.497. The van der Waals surface area contributed by atoms with Gasteiger partial charge in [0.1, 0.15) is 5.82 Å². The molecule has 0 bridgehead atoms. The van der Waals surface area contributed by atoms with E-state index < -0.39 is 0 Å². The van der Waals surface area contributed by atoms with E-state index in [1.54, 1.807) is 0 Å². The van der Waals surface area contributed by atoms with E-state index >= 15 is 0 Å². The predicted octanol–water partition coefficient (Wildman–Crippen LogP) is 1.63. The summed E-state index contributed by atoms with van der Waals surface area (Å²) in [5, 5.41) is 8.00. The normalized spacial score (nSPS) is 12.3. The quantitative estimate of drug-likeness (QED) is 0.576. The van der Waals surface area contributed by atoms with Crippen LogP contribution in [0.1, 0.15) is 11.1 Å². The summed E-state index contributed by atoms with van der Waals surface area (Å²) in [6, 6.07) is 10.2. The summed E-state index contributed by atoms with van der Waals surface area (Å²) < 4.78 is 0. The van der Waals surface area contributed by atoms with Crippen molar-refractivity contribution < 1.29 is 0 Å². The molecule has 2 N–H and O–H groups in total. The number of nitrogens with two attached hydrogens (primary N) is 1. The van der Waals surface area contributed by atoms with Crippen molar-refractivity contribution >= 4 is 5.82 Å². The van der Waals surface area contributed by atoms with Gasteiger partial charge in [0.25, 0.3) is 0 Å². The number of benzene rings is 1. The standard InChI is InChI=1S/C11H9N3/c12-10-6-8-5-7-3-1-2-4-9(7)11(8)14-13-10/h1-4,6H,5H2,(H2,12,13). The third-order valence-corrected chi connectivity index (χ3v) is 2.55. The van der Waals surface area contributed by atoms with Gasteiger partial charge >= 0.3 is 0 Å². The number of nitrogens with zero attached hydrogens (tertiary/aromatic N) is 2. The van der Waals surface area contributed by atoms with Crippen LogP contribution in [0.25, 0.3) is 11.3 Å². The summed E-state index contributed by atoms with van der Waals surface area (Å²) in [4.78, 5) is 0. The van der Waals surface area contributed by atoms with E-state index in [0.717, 1.165) is 12.1 Å². The highest BCUT2D eigenvalue weighted by Crippen LogP contribution is 2.34. The molecule has 2 aromatic rings. The molecule has 0 fully saturated rings. The van der Waals surface area contributed by atoms with Gasteiger partial charge in [-0.3, -0.25) is 0 Å². The van der Waals surface area contributed by atoms with Crippen molar-refractivity contribution in [2.75, 3.05) is 5.73 Å². The molecule has 1 aliphatic rings. The fourth-order valence-electron chi connectivity index (χ4n) is 1.92. The van der Waals surface area contributed by atoms with Gasteiger partial charge in [-0.15, -0.1) is 10.2 Å². The van der Waals surface area contributed by atoms with Crippen molar-refractivity contribution in [1.29, 1.82) is 0 Å². The molecular formula is C11H9N3. The summed E-state index contributed by atoms with van der Waals surface area (Å²) in [6.45, 7) is 0. The summed E-state index contributed by atoms with van der Waals surface area (Å²) in [5.41, 5.74) is 10.3. The third kappa shape index (κ3) is 0.923. The average Bonchev–Trinajstić information content (AvgIpc) is 2.54. The molecule has 1 heterocycles. The number of rotatable bonds is 0. The molecule has 0 unspecified atom stereocenters. The van der Waals surface area contributed by atoms with E-state index in [-0.39, 0.29) is 0 Å². The zero-order valence-electron chi connectivity index (χ0n) is 7.57. The number of aromatic nitrogens is 2. The first-order chi connectivity index (χ1) is 6.84. The Labute approximate surface area is 81.6 Å². The van der Waals surface area contributed by atoms with Gasteiger partial charge in [-0.1, -0.05) is 24.3 Å². The molecule has 0 spiro atoms. The number of fused-ring (bicyclic) bond motifs is 3. The molecule has 0 atom stereocenters. The van der Waals surface area contributed by atoms with Crippen LogP contribution in [-0.2, 0) is 6.42 Å². The summed E-state index contributed by atoms with van der Waals surface area (Å²) in [6.07, 6.45) is 0.922. The lowest BCUT2D eigenvalue weighted by Crippen LogP contribution is -1.95. The minimum atomic E-state index is 0.497. The number of anilines is 1. The van der Waals surface area contributed by atoms with Crippen LogP contribution >= 0.6 is 0 Å². The van der Waals surface area contributed by atoms with Gasteiger partial charge in [-0.05, 0) is 17.2 Å². The van der Waals surface area contributed by atoms with Crippen molar-refractivity contribution in [3.05, 3.63) is 41.5 Å². The topological polar surface area (TPSA) is 51.8 Å². The second-order valence-electron chi connectivity index (χ2n) is 3.48. The molecule has 68 valence electrons. The van der Waals surface area contributed by atoms with Gasteiger partial charge in [0.2, 0.25) is 0 Å². The Balaban J connectivity index is 2.27. The van der Waals surface area contributed by atoms with Crippen LogP contribution in [-0.4, -0.2) is 10.2 Å². The Morgan fingerprint density at radius 3 is 2.86 bits per heavy atom. The summed E-state index contributed by atoms with van der Waals surface area (Å²) in [7, 11) is 0. The molecule has 3 heteroatoms. The molecule has 0 radical (unpaired) electrons. The molecule has 0 saturated carbocycles. The van der Waals surface area contributed by atoms with Gasteiger partial charge in [0.05, 0.1) is 5.69 Å². The molecule has 0 aliphatic heterocycles. The molecule has 1 aromatic heterocycles. The Morgan fingerprint density at radius 1 is 1.07 bits per heavy atom. The fraction of sp³-hybridized carbons (Fsp3) is 0.0909. The molecule has 0 amide bonds. The Morgan fingerprint density at radius 2 is 1.93 bits per heavy atom. The van der Waals surface area contributed by atoms with E-state index in [0.29, 0.717) is 5.82 Å². The zero-order valence-corrected chi connectivity index (χ0v) is 7.57. The largest absolute Gasteiger partial charge is 0.382 e. The highest BCUT2D eigenvalue weighted by Gasteiger charge is 2.19. The van der Waals surface area contributed by atoms with Crippen LogP contribution in [0.5, 0.6) is 0 Å². The van der Waals surface area contributed by atoms with Crippen molar-refractivity contribution in [3.8, 4) is 11.3 Å². The third-order valence-electron chi connectivity index (χ3n) is 2.55. The van der Waals surface area contributed by atoms with Gasteiger partial charge in [0.15, 0.2) is 0 Å². The fourth-order valence-corrected chi connectivity index (χ4v) is 1.92. The molecule has 3 nitrogen and oxygen atoms in total. The maximum atomic E-state index is 5.59. The van der Waals surface area contributed by atoms with Crippen LogP contribution in [0.15, 0.2) is 30.3 Å². The summed E-state index contributed by atoms with van der Waals surface area (Å²) >= 11 is 0. The SMILES string of the molecule is Nc1cc2c(nn1)-c1ccccc1C2. The van der Waals surface area contributed by atoms with Crippen molar-refractivity contribution in [3.63, 3.8) is 0 Å². The van der Waals surface area contributed by atoms with Crippen LogP contribution in [0.2, 0.25) is 0 Å². The average molecular weight is 183 g/mol. The van der Waals surface area contributed by atoms with Gasteiger partial charge in [0, 0.05) is 12.0 Å². The Kier molecular flexibility index (Phi) is 1.36. The maximum Gasteiger partial charge on any atom is 0.146 e. The lowest BCUT2D eigenvalue weighted by Gasteiger charge is -1.97. The highest BCUT2D eigenvalue weighted by molar-refractivity contribution is 5.73. The first-order valence-corrected chi connectivity index (χ1v) is 4.55. The molecule has 1 aromatic carbocycles. The first-order valence-electron chi connectivity index (χ1n) is 4.55. The minimum Gasteiger partial charge on any atom is -0.382 e. The van der Waals surface area contributed by atoms with Gasteiger partial charge in [-0.25, -0.2) is 0 Å². The van der Waals surface area contributed by atoms with Crippen molar-refractivity contribution in [2.24, 2.45) is 0 Å². The number of hydrogen-bond donors (Lipinski definition) is 1. The van der Waals surface area contributed by atoms with Gasteiger partial charge in [-0.2, -0.15) is 0 Å². The highest BCUT2D eigenvalue weighted by atomic mass is 15.1. The van der Waals surface area contributed by atoms with E-state index in [1.165, 1.54) is 16.7 Å². The Bertz CT molecular complexity index is 506. The van der Waals surface area contributed by atoms with Crippen molar-refractivity contribution in [1.82, 2.24) is 10.2 Å². The van der Waals surface area contributed by atoms with Crippen LogP contribution in [0.3, 0.4) is 0 Å². The first kappa shape index (κ1) is 7.50. The van der Waals surface area contributed by atoms with E-state index in [9.17, 15) is 0 Å². The van der Waals surface area contributed by atoms with E-state index in [2.05, 4.69) is 22.3 Å². The Hall–Kier alpha value is -1.90. The number of nitrogen functional groups attached to an aromatic ring is 1. The lowest BCUT2D eigenvalue weighted by molar-refractivity contribution is 1.04. The predicted molar refractivity (Wildman–Crippen MR) is 54.7 cm³/mol. The minimum absolute atomic E-state index is 0.497. The second-order valence-corrected chi connectivity index (χ2v) is 3.48. The van der Waals surface area contributed by atoms with E-state index in [1.807, 2.05) is 18.2 Å². The molecule has 14 heavy (non-hydrogen) atoms. The molecule has 3 rings (SSSR count). The maximum absolute atomic E-state index is 5.59. The van der Waals surface area contributed by atoms with Gasteiger partial charge < -0.3 is 5.73 Å². The van der Waals surface area contributed by atoms with Crippen LogP contribution in [0, 0.1) is 0 Å².